The van der Waals surface area contributed by atoms with Crippen LogP contribution in [0.25, 0.3) is 0 Å². The van der Waals surface area contributed by atoms with Gasteiger partial charge in [-0.2, -0.15) is 0 Å². The van der Waals surface area contributed by atoms with Crippen LogP contribution in [0.15, 0.2) is 71.5 Å². The first-order chi connectivity index (χ1) is 6.00. The Morgan fingerprint density at radius 1 is 0.500 bits per heavy atom. The number of rotatable bonds is 0. The molecule has 14 heavy (non-hydrogen) atoms. The monoisotopic (exact) mass is 574 g/mol. The molecular weight excluding hydrogens is 562 g/mol. The van der Waals surface area contributed by atoms with Crippen molar-refractivity contribution in [2.45, 2.75) is 0 Å². The van der Waals surface area contributed by atoms with E-state index in [0.29, 0.717) is 0 Å². The van der Waals surface area contributed by atoms with Gasteiger partial charge in [0.15, 0.2) is 0 Å². The number of hydrogen-bond acceptors (Lipinski definition) is 0. The van der Waals surface area contributed by atoms with Crippen LogP contribution in [0.2, 0.25) is 0 Å². The van der Waals surface area contributed by atoms with E-state index >= 15 is 0 Å². The average Bonchev–Trinajstić information content (AvgIpc) is 2.24. The predicted molar refractivity (Wildman–Crippen MR) is 66.3 cm³/mol. The first-order valence-corrected chi connectivity index (χ1v) is 3.65. The van der Waals surface area contributed by atoms with Gasteiger partial charge >= 0.3 is 0 Å². The van der Waals surface area contributed by atoms with Crippen LogP contribution in [0.1, 0.15) is 2.85 Å². The third kappa shape index (κ3) is 9.93. The second-order valence-corrected chi connectivity index (χ2v) is 2.01. The first-order valence-electron chi connectivity index (χ1n) is 3.65. The van der Waals surface area contributed by atoms with Crippen LogP contribution in [-0.2, 0) is 0 Å². The van der Waals surface area contributed by atoms with Crippen molar-refractivity contribution < 1.29 is 2.85 Å². The molecule has 0 aromatic rings. The summed E-state index contributed by atoms with van der Waals surface area (Å²) in [5.41, 5.74) is 11.1. The van der Waals surface area contributed by atoms with E-state index in [0.717, 1.165) is 0 Å². The quantitative estimate of drug-likeness (QED) is 0.309. The molecule has 2 rings (SSSR count). The molecule has 0 aromatic heterocycles. The Morgan fingerprint density at radius 2 is 0.714 bits per heavy atom. The summed E-state index contributed by atoms with van der Waals surface area (Å²) >= 11 is 0. The van der Waals surface area contributed by atoms with Crippen molar-refractivity contribution >= 4 is 52.4 Å². The normalized spacial score (nSPS) is 11.4. The van der Waals surface area contributed by atoms with Gasteiger partial charge in [-0.3, -0.25) is 0 Å². The summed E-state index contributed by atoms with van der Waals surface area (Å²) in [5.74, 6) is 0. The van der Waals surface area contributed by atoms with Crippen molar-refractivity contribution in [3.8, 4) is 0 Å². The van der Waals surface area contributed by atoms with Gasteiger partial charge in [-0.25, -0.2) is 0 Å². The van der Waals surface area contributed by atoms with E-state index < -0.39 is 0 Å². The van der Waals surface area contributed by atoms with Gasteiger partial charge in [0.05, 0.1) is 0 Å². The Bertz CT molecular complexity index is 319. The zero-order valence-electron chi connectivity index (χ0n) is 7.51. The Morgan fingerprint density at radius 3 is 0.786 bits per heavy atom. The molecule has 0 bridgehead atoms. The first kappa shape index (κ1) is 16.3. The van der Waals surface area contributed by atoms with Gasteiger partial charge in [0, 0.05) is 55.3 Å². The molecule has 2 aliphatic carbocycles. The van der Waals surface area contributed by atoms with E-state index in [9.17, 15) is 0 Å². The predicted octanol–water partition coefficient (Wildman–Crippen LogP) is 2.58. The zero-order chi connectivity index (χ0) is 8.49. The second kappa shape index (κ2) is 12.8. The van der Waals surface area contributed by atoms with E-state index in [-0.39, 0.29) is 55.3 Å². The summed E-state index contributed by atoms with van der Waals surface area (Å²) in [5, 5.41) is 0. The fourth-order valence-corrected chi connectivity index (χ4v) is 0.607. The number of hydrogen-bond donors (Lipinski definition) is 0. The smallest absolute Gasteiger partial charge is 0 e. The van der Waals surface area contributed by atoms with Gasteiger partial charge in [0.25, 0.3) is 0 Å². The molecular formula is C12H12Bi2. The molecule has 0 spiro atoms. The summed E-state index contributed by atoms with van der Waals surface area (Å²) in [4.78, 5) is 0. The molecule has 0 aromatic carbocycles. The molecule has 70 valence electrons. The maximum atomic E-state index is 2.77. The van der Waals surface area contributed by atoms with Gasteiger partial charge in [0.1, 0.15) is 0 Å². The van der Waals surface area contributed by atoms with Crippen molar-refractivity contribution in [1.29, 1.82) is 0 Å². The molecule has 0 saturated heterocycles. The number of allylic oxidation sites excluding steroid dienone is 8. The van der Waals surface area contributed by atoms with E-state index in [1.807, 2.05) is 48.6 Å². The average molecular weight is 574 g/mol. The van der Waals surface area contributed by atoms with Crippen LogP contribution in [-0.4, -0.2) is 52.4 Å². The summed E-state index contributed by atoms with van der Waals surface area (Å²) in [6, 6.07) is 0. The fourth-order valence-electron chi connectivity index (χ4n) is 0.607. The zero-order valence-corrected chi connectivity index (χ0v) is 14.5. The van der Waals surface area contributed by atoms with Crippen LogP contribution in [0.4, 0.5) is 0 Å². The molecule has 0 atom stereocenters. The maximum absolute atomic E-state index is 2.77. The Hall–Kier alpha value is -0.154. The summed E-state index contributed by atoms with van der Waals surface area (Å²) < 4.78 is 0. The maximum Gasteiger partial charge on any atom is 0 e. The fraction of sp³-hybridized carbons (Fsp3) is 0. The van der Waals surface area contributed by atoms with E-state index in [2.05, 4.69) is 22.9 Å². The Labute approximate surface area is 126 Å². The van der Waals surface area contributed by atoms with Gasteiger partial charge in [-0.05, 0) is 24.3 Å². The van der Waals surface area contributed by atoms with E-state index in [4.69, 9.17) is 0 Å². The van der Waals surface area contributed by atoms with Gasteiger partial charge in [-0.15, -0.1) is 0 Å². The van der Waals surface area contributed by atoms with Crippen molar-refractivity contribution in [3.63, 3.8) is 0 Å². The SMILES string of the molecule is C1=C=CC=CC=1.C1=C=CC=CC=1.[Bi].[Bi].[HH].[HH]. The van der Waals surface area contributed by atoms with Crippen LogP contribution in [0, 0.1) is 0 Å². The van der Waals surface area contributed by atoms with Crippen LogP contribution >= 0.6 is 0 Å². The largest absolute Gasteiger partial charge is 0.0702 e. The Balaban J connectivity index is -0.0000000720. The Kier molecular flexibility index (Phi) is 14.9. The molecule has 6 radical (unpaired) electrons. The molecule has 0 amide bonds. The molecule has 0 saturated carbocycles. The van der Waals surface area contributed by atoms with E-state index in [1.54, 1.807) is 0 Å². The molecule has 2 aliphatic rings. The van der Waals surface area contributed by atoms with Crippen LogP contribution < -0.4 is 0 Å². The van der Waals surface area contributed by atoms with Gasteiger partial charge in [0.2, 0.25) is 0 Å². The summed E-state index contributed by atoms with van der Waals surface area (Å²) in [6.07, 6.45) is 14.9. The second-order valence-electron chi connectivity index (χ2n) is 2.01. The van der Waals surface area contributed by atoms with Gasteiger partial charge < -0.3 is 0 Å². The summed E-state index contributed by atoms with van der Waals surface area (Å²) in [6.45, 7) is 0. The van der Waals surface area contributed by atoms with Crippen LogP contribution in [0.5, 0.6) is 0 Å². The third-order valence-electron chi connectivity index (χ3n) is 1.11. The van der Waals surface area contributed by atoms with Crippen LogP contribution in [0.3, 0.4) is 0 Å². The molecule has 2 heteroatoms. The van der Waals surface area contributed by atoms with E-state index in [1.165, 1.54) is 0 Å². The topological polar surface area (TPSA) is 0 Å². The molecule has 0 aliphatic heterocycles. The van der Waals surface area contributed by atoms with Crippen molar-refractivity contribution in [2.75, 3.05) is 0 Å². The molecule has 0 unspecified atom stereocenters. The standard InChI is InChI=1S/2C6H4.2Bi.2H2/c2*1-2-4-6-5-3-1;;;;/h2*1-4H;;;2*1H. The van der Waals surface area contributed by atoms with Crippen molar-refractivity contribution in [1.82, 2.24) is 0 Å². The minimum Gasteiger partial charge on any atom is -0.0702 e. The van der Waals surface area contributed by atoms with Crippen molar-refractivity contribution in [2.24, 2.45) is 0 Å². The third-order valence-corrected chi connectivity index (χ3v) is 1.11. The minimum absolute atomic E-state index is 0. The minimum atomic E-state index is 0. The molecule has 0 N–H and O–H groups in total. The summed E-state index contributed by atoms with van der Waals surface area (Å²) in [7, 11) is 0. The molecule has 0 nitrogen and oxygen atoms in total. The van der Waals surface area contributed by atoms with Gasteiger partial charge in [-0.1, -0.05) is 47.2 Å². The van der Waals surface area contributed by atoms with Crippen molar-refractivity contribution in [3.05, 3.63) is 71.5 Å². The molecule has 0 heterocycles. The molecule has 0 fully saturated rings.